The number of hydrogen-bond donors (Lipinski definition) is 1. The molecule has 4 nitrogen and oxygen atoms in total. The van der Waals surface area contributed by atoms with Crippen LogP contribution in [0.15, 0.2) is 18.3 Å². The molecule has 0 saturated carbocycles. The van der Waals surface area contributed by atoms with Crippen molar-refractivity contribution in [2.75, 3.05) is 12.8 Å². The zero-order chi connectivity index (χ0) is 12.6. The van der Waals surface area contributed by atoms with Gasteiger partial charge < -0.3 is 10.5 Å². The lowest BCUT2D eigenvalue weighted by Crippen LogP contribution is -2.07. The zero-order valence-electron chi connectivity index (χ0n) is 10.1. The second-order valence-corrected chi connectivity index (χ2v) is 4.00. The van der Waals surface area contributed by atoms with Crippen LogP contribution in [0.2, 0.25) is 0 Å². The Hall–Kier alpha value is -2.10. The summed E-state index contributed by atoms with van der Waals surface area (Å²) >= 11 is 0. The summed E-state index contributed by atoms with van der Waals surface area (Å²) in [5, 5.41) is 0.827. The summed E-state index contributed by atoms with van der Waals surface area (Å²) in [6.45, 7) is 3.91. The Morgan fingerprint density at radius 1 is 1.29 bits per heavy atom. The summed E-state index contributed by atoms with van der Waals surface area (Å²) in [6.07, 6.45) is 1.47. The topological polar surface area (TPSA) is 65.2 Å². The second-order valence-electron chi connectivity index (χ2n) is 4.00. The Bertz CT molecular complexity index is 606. The number of nitrogens with two attached hydrogens (primary N) is 1. The molecular weight excluding hydrogens is 216 g/mol. The van der Waals surface area contributed by atoms with Gasteiger partial charge in [-0.2, -0.15) is 0 Å². The number of carbonyl (C=O) groups excluding carboxylic acids is 1. The van der Waals surface area contributed by atoms with Crippen molar-refractivity contribution in [3.8, 4) is 0 Å². The molecule has 17 heavy (non-hydrogen) atoms. The number of benzene rings is 1. The Balaban J connectivity index is 2.84. The number of ether oxygens (including phenoxy) is 1. The van der Waals surface area contributed by atoms with Gasteiger partial charge in [-0.25, -0.2) is 4.79 Å². The molecule has 4 heteroatoms. The van der Waals surface area contributed by atoms with Crippen LogP contribution in [0.4, 0.5) is 5.69 Å². The van der Waals surface area contributed by atoms with Crippen LogP contribution in [0.25, 0.3) is 10.9 Å². The Morgan fingerprint density at radius 2 is 1.94 bits per heavy atom. The van der Waals surface area contributed by atoms with Gasteiger partial charge in [-0.15, -0.1) is 0 Å². The van der Waals surface area contributed by atoms with E-state index in [9.17, 15) is 4.79 Å². The van der Waals surface area contributed by atoms with Crippen molar-refractivity contribution in [2.45, 2.75) is 13.8 Å². The molecule has 2 aromatic rings. The lowest BCUT2D eigenvalue weighted by molar-refractivity contribution is 0.0601. The van der Waals surface area contributed by atoms with Crippen LogP contribution in [0, 0.1) is 13.8 Å². The van der Waals surface area contributed by atoms with Gasteiger partial charge in [0, 0.05) is 11.6 Å². The van der Waals surface area contributed by atoms with Gasteiger partial charge in [0.2, 0.25) is 0 Å². The van der Waals surface area contributed by atoms with E-state index in [4.69, 9.17) is 5.73 Å². The van der Waals surface area contributed by atoms with Crippen molar-refractivity contribution < 1.29 is 9.53 Å². The number of aromatic nitrogens is 1. The number of fused-ring (bicyclic) bond motifs is 1. The van der Waals surface area contributed by atoms with Crippen LogP contribution >= 0.6 is 0 Å². The average Bonchev–Trinajstić information content (AvgIpc) is 2.33. The first-order valence-electron chi connectivity index (χ1n) is 5.29. The summed E-state index contributed by atoms with van der Waals surface area (Å²) in [5.74, 6) is -0.460. The summed E-state index contributed by atoms with van der Waals surface area (Å²) in [6, 6.07) is 3.96. The van der Waals surface area contributed by atoms with Crippen molar-refractivity contribution in [1.29, 1.82) is 0 Å². The fraction of sp³-hybridized carbons (Fsp3) is 0.231. The monoisotopic (exact) mass is 230 g/mol. The molecule has 0 aliphatic rings. The molecule has 0 saturated heterocycles. The highest BCUT2D eigenvalue weighted by molar-refractivity contribution is 6.05. The van der Waals surface area contributed by atoms with Crippen LogP contribution in [-0.2, 0) is 4.74 Å². The first kappa shape index (κ1) is 11.4. The van der Waals surface area contributed by atoms with Gasteiger partial charge in [-0.05, 0) is 25.0 Å². The average molecular weight is 230 g/mol. The summed E-state index contributed by atoms with van der Waals surface area (Å²) < 4.78 is 4.68. The van der Waals surface area contributed by atoms with E-state index in [1.165, 1.54) is 13.3 Å². The van der Waals surface area contributed by atoms with E-state index in [1.807, 2.05) is 26.0 Å². The molecule has 2 rings (SSSR count). The fourth-order valence-electron chi connectivity index (χ4n) is 1.91. The Morgan fingerprint density at radius 3 is 2.59 bits per heavy atom. The number of rotatable bonds is 1. The van der Waals surface area contributed by atoms with Gasteiger partial charge in [0.1, 0.15) is 5.56 Å². The van der Waals surface area contributed by atoms with Gasteiger partial charge in [0.15, 0.2) is 0 Å². The predicted molar refractivity (Wildman–Crippen MR) is 67.0 cm³/mol. The standard InChI is InChI=1S/C13H14N2O2/c1-7-4-5-8(2)12-10(7)11(14)9(6-15-12)13(16)17-3/h4-6H,1-3H3,(H2,14,15). The summed E-state index contributed by atoms with van der Waals surface area (Å²) in [7, 11) is 1.33. The number of nitrogens with zero attached hydrogens (tertiary/aromatic N) is 1. The van der Waals surface area contributed by atoms with Crippen molar-refractivity contribution in [1.82, 2.24) is 4.98 Å². The SMILES string of the molecule is COC(=O)c1cnc2c(C)ccc(C)c2c1N. The van der Waals surface area contributed by atoms with Gasteiger partial charge in [-0.3, -0.25) is 4.98 Å². The first-order valence-corrected chi connectivity index (χ1v) is 5.29. The molecule has 0 unspecified atom stereocenters. The lowest BCUT2D eigenvalue weighted by atomic mass is 10.0. The van der Waals surface area contributed by atoms with Gasteiger partial charge in [0.05, 0.1) is 18.3 Å². The summed E-state index contributed by atoms with van der Waals surface area (Å²) in [4.78, 5) is 15.8. The maximum absolute atomic E-state index is 11.5. The van der Waals surface area contributed by atoms with Gasteiger partial charge in [-0.1, -0.05) is 12.1 Å². The lowest BCUT2D eigenvalue weighted by Gasteiger charge is -2.10. The van der Waals surface area contributed by atoms with Crippen LogP contribution in [0.3, 0.4) is 0 Å². The molecule has 88 valence electrons. The molecule has 0 aliphatic heterocycles. The van der Waals surface area contributed by atoms with Crippen LogP contribution in [0.1, 0.15) is 21.5 Å². The van der Waals surface area contributed by atoms with Gasteiger partial charge in [0.25, 0.3) is 0 Å². The predicted octanol–water partition coefficient (Wildman–Crippen LogP) is 2.22. The van der Waals surface area contributed by atoms with Crippen LogP contribution in [0.5, 0.6) is 0 Å². The molecular formula is C13H14N2O2. The van der Waals surface area contributed by atoms with E-state index >= 15 is 0 Å². The highest BCUT2D eigenvalue weighted by Gasteiger charge is 2.15. The minimum Gasteiger partial charge on any atom is -0.465 e. The number of hydrogen-bond acceptors (Lipinski definition) is 4. The molecule has 2 N–H and O–H groups in total. The van der Waals surface area contributed by atoms with Gasteiger partial charge >= 0.3 is 5.97 Å². The molecule has 0 fully saturated rings. The molecule has 0 atom stereocenters. The van der Waals surface area contributed by atoms with Crippen molar-refractivity contribution >= 4 is 22.6 Å². The smallest absolute Gasteiger partial charge is 0.341 e. The molecule has 0 aliphatic carbocycles. The minimum atomic E-state index is -0.460. The molecule has 0 radical (unpaired) electrons. The quantitative estimate of drug-likeness (QED) is 0.763. The number of esters is 1. The third-order valence-corrected chi connectivity index (χ3v) is 2.88. The number of aryl methyl sites for hydroxylation is 2. The highest BCUT2D eigenvalue weighted by atomic mass is 16.5. The molecule has 1 heterocycles. The number of methoxy groups -OCH3 is 1. The van der Waals surface area contributed by atoms with E-state index in [0.29, 0.717) is 11.3 Å². The number of carbonyl (C=O) groups is 1. The molecule has 1 aromatic heterocycles. The van der Waals surface area contributed by atoms with Crippen LogP contribution < -0.4 is 5.73 Å². The van der Waals surface area contributed by atoms with Crippen molar-refractivity contribution in [3.63, 3.8) is 0 Å². The largest absolute Gasteiger partial charge is 0.465 e. The number of nitrogen functional groups attached to an aromatic ring is 1. The van der Waals surface area contributed by atoms with E-state index in [-0.39, 0.29) is 0 Å². The molecule has 0 amide bonds. The third-order valence-electron chi connectivity index (χ3n) is 2.88. The fourth-order valence-corrected chi connectivity index (χ4v) is 1.91. The Kier molecular flexibility index (Phi) is 2.71. The van der Waals surface area contributed by atoms with E-state index in [1.54, 1.807) is 0 Å². The molecule has 0 bridgehead atoms. The normalized spacial score (nSPS) is 10.5. The first-order chi connectivity index (χ1) is 8.06. The number of anilines is 1. The summed E-state index contributed by atoms with van der Waals surface area (Å²) in [5.41, 5.74) is 9.64. The van der Waals surface area contributed by atoms with Crippen molar-refractivity contribution in [2.24, 2.45) is 0 Å². The second kappa shape index (κ2) is 4.05. The maximum Gasteiger partial charge on any atom is 0.341 e. The van der Waals surface area contributed by atoms with E-state index < -0.39 is 5.97 Å². The zero-order valence-corrected chi connectivity index (χ0v) is 10.1. The van der Waals surface area contributed by atoms with Crippen molar-refractivity contribution in [3.05, 3.63) is 35.0 Å². The van der Waals surface area contributed by atoms with E-state index in [0.717, 1.165) is 22.0 Å². The van der Waals surface area contributed by atoms with E-state index in [2.05, 4.69) is 9.72 Å². The van der Waals surface area contributed by atoms with Crippen LogP contribution in [-0.4, -0.2) is 18.1 Å². The molecule has 0 spiro atoms. The third kappa shape index (κ3) is 1.71. The highest BCUT2D eigenvalue weighted by Crippen LogP contribution is 2.28. The maximum atomic E-state index is 11.5. The Labute approximate surface area is 99.4 Å². The minimum absolute atomic E-state index is 0.314. The number of pyridine rings is 1. The molecule has 1 aromatic carbocycles.